The zero-order valence-corrected chi connectivity index (χ0v) is 16.1. The molecule has 1 N–H and O–H groups in total. The van der Waals surface area contributed by atoms with Crippen LogP contribution in [0.25, 0.3) is 0 Å². The first-order valence-electron chi connectivity index (χ1n) is 8.36. The quantitative estimate of drug-likeness (QED) is 0.585. The highest BCUT2D eigenvalue weighted by Gasteiger charge is 2.43. The van der Waals surface area contributed by atoms with Gasteiger partial charge in [0, 0.05) is 34.5 Å². The van der Waals surface area contributed by atoms with Crippen LogP contribution in [0.15, 0.2) is 29.5 Å². The molecule has 2 amide bonds. The van der Waals surface area contributed by atoms with Crippen molar-refractivity contribution in [1.82, 2.24) is 10.2 Å². The van der Waals surface area contributed by atoms with E-state index in [1.54, 1.807) is 30.0 Å². The molecule has 140 valence electrons. The van der Waals surface area contributed by atoms with E-state index >= 15 is 0 Å². The SMILES string of the molecule is COCCOC(=O)C1=C(C)N(C2CC2)C(=O)N[C@@H]1c1c(Cl)cccc1Cl. The molecule has 0 radical (unpaired) electrons. The van der Waals surface area contributed by atoms with Crippen molar-refractivity contribution < 1.29 is 19.1 Å². The Balaban J connectivity index is 2.03. The molecule has 6 nitrogen and oxygen atoms in total. The van der Waals surface area contributed by atoms with E-state index in [0.717, 1.165) is 12.8 Å². The first kappa shape index (κ1) is 19.0. The van der Waals surface area contributed by atoms with Crippen LogP contribution in [0.3, 0.4) is 0 Å². The number of amides is 2. The third kappa shape index (κ3) is 3.68. The van der Waals surface area contributed by atoms with Crippen molar-refractivity contribution in [1.29, 1.82) is 0 Å². The van der Waals surface area contributed by atoms with Crippen molar-refractivity contribution in [2.45, 2.75) is 31.8 Å². The molecule has 1 aliphatic heterocycles. The molecule has 26 heavy (non-hydrogen) atoms. The van der Waals surface area contributed by atoms with E-state index in [4.69, 9.17) is 32.7 Å². The van der Waals surface area contributed by atoms with Gasteiger partial charge in [0.2, 0.25) is 0 Å². The van der Waals surface area contributed by atoms with E-state index in [0.29, 0.717) is 26.9 Å². The van der Waals surface area contributed by atoms with E-state index < -0.39 is 12.0 Å². The Morgan fingerprint density at radius 2 is 1.92 bits per heavy atom. The number of ether oxygens (including phenoxy) is 2. The van der Waals surface area contributed by atoms with Gasteiger partial charge >= 0.3 is 12.0 Å². The van der Waals surface area contributed by atoms with Crippen molar-refractivity contribution in [2.75, 3.05) is 20.3 Å². The maximum atomic E-state index is 12.8. The normalized spacial score (nSPS) is 20.2. The second kappa shape index (κ2) is 7.86. The fraction of sp³-hybridized carbons (Fsp3) is 0.444. The van der Waals surface area contributed by atoms with Crippen LogP contribution in [0.2, 0.25) is 10.0 Å². The summed E-state index contributed by atoms with van der Waals surface area (Å²) in [7, 11) is 1.53. The Morgan fingerprint density at radius 1 is 1.27 bits per heavy atom. The summed E-state index contributed by atoms with van der Waals surface area (Å²) in [5, 5.41) is 3.61. The lowest BCUT2D eigenvalue weighted by molar-refractivity contribution is -0.140. The summed E-state index contributed by atoms with van der Waals surface area (Å²) >= 11 is 12.6. The smallest absolute Gasteiger partial charge is 0.338 e. The van der Waals surface area contributed by atoms with Gasteiger partial charge < -0.3 is 14.8 Å². The zero-order chi connectivity index (χ0) is 18.8. The van der Waals surface area contributed by atoms with E-state index in [2.05, 4.69) is 5.32 Å². The van der Waals surface area contributed by atoms with Crippen LogP contribution in [-0.4, -0.2) is 43.3 Å². The second-order valence-corrected chi connectivity index (χ2v) is 7.06. The van der Waals surface area contributed by atoms with Gasteiger partial charge in [-0.3, -0.25) is 4.90 Å². The summed E-state index contributed by atoms with van der Waals surface area (Å²) in [6.07, 6.45) is 1.82. The topological polar surface area (TPSA) is 67.9 Å². The van der Waals surface area contributed by atoms with Gasteiger partial charge in [0.15, 0.2) is 0 Å². The van der Waals surface area contributed by atoms with Gasteiger partial charge in [-0.2, -0.15) is 0 Å². The number of nitrogens with one attached hydrogen (secondary N) is 1. The highest BCUT2D eigenvalue weighted by atomic mass is 35.5. The Kier molecular flexibility index (Phi) is 5.75. The minimum absolute atomic E-state index is 0.111. The molecule has 1 aromatic carbocycles. The van der Waals surface area contributed by atoms with Crippen molar-refractivity contribution in [3.63, 3.8) is 0 Å². The molecule has 3 rings (SSSR count). The Hall–Kier alpha value is -1.76. The number of allylic oxidation sites excluding steroid dienone is 1. The molecular weight excluding hydrogens is 379 g/mol. The third-order valence-corrected chi connectivity index (χ3v) is 5.13. The molecule has 8 heteroatoms. The highest BCUT2D eigenvalue weighted by Crippen LogP contribution is 2.41. The highest BCUT2D eigenvalue weighted by molar-refractivity contribution is 6.36. The van der Waals surface area contributed by atoms with E-state index in [1.165, 1.54) is 7.11 Å². The number of nitrogens with zero attached hydrogens (tertiary/aromatic N) is 1. The summed E-state index contributed by atoms with van der Waals surface area (Å²) in [5.41, 5.74) is 1.39. The molecule has 1 saturated carbocycles. The maximum Gasteiger partial charge on any atom is 0.338 e. The molecule has 1 aliphatic carbocycles. The van der Waals surface area contributed by atoms with Crippen molar-refractivity contribution >= 4 is 35.2 Å². The number of carbonyl (C=O) groups is 2. The number of hydrogen-bond acceptors (Lipinski definition) is 4. The largest absolute Gasteiger partial charge is 0.460 e. The fourth-order valence-corrected chi connectivity index (χ4v) is 3.71. The van der Waals surface area contributed by atoms with Gasteiger partial charge in [-0.05, 0) is 31.9 Å². The summed E-state index contributed by atoms with van der Waals surface area (Å²) in [5.74, 6) is -0.522. The second-order valence-electron chi connectivity index (χ2n) is 6.25. The van der Waals surface area contributed by atoms with Gasteiger partial charge in [0.1, 0.15) is 6.61 Å². The van der Waals surface area contributed by atoms with Gasteiger partial charge in [0.25, 0.3) is 0 Å². The van der Waals surface area contributed by atoms with Crippen molar-refractivity contribution in [3.05, 3.63) is 45.1 Å². The van der Waals surface area contributed by atoms with E-state index in [-0.39, 0.29) is 25.3 Å². The first-order chi connectivity index (χ1) is 12.5. The number of hydrogen-bond donors (Lipinski definition) is 1. The number of benzene rings is 1. The molecule has 0 bridgehead atoms. The molecule has 2 aliphatic rings. The minimum atomic E-state index is -0.770. The molecule has 1 aromatic rings. The van der Waals surface area contributed by atoms with Gasteiger partial charge in [-0.15, -0.1) is 0 Å². The van der Waals surface area contributed by atoms with Crippen LogP contribution in [0.4, 0.5) is 4.79 Å². The van der Waals surface area contributed by atoms with Gasteiger partial charge in [0.05, 0.1) is 18.2 Å². The van der Waals surface area contributed by atoms with Crippen LogP contribution < -0.4 is 5.32 Å². The van der Waals surface area contributed by atoms with Crippen molar-refractivity contribution in [3.8, 4) is 0 Å². The van der Waals surface area contributed by atoms with Crippen LogP contribution in [0.1, 0.15) is 31.4 Å². The average molecular weight is 399 g/mol. The lowest BCUT2D eigenvalue weighted by Crippen LogP contribution is -2.49. The lowest BCUT2D eigenvalue weighted by atomic mass is 9.94. The number of carbonyl (C=O) groups excluding carboxylic acids is 2. The monoisotopic (exact) mass is 398 g/mol. The lowest BCUT2D eigenvalue weighted by Gasteiger charge is -2.36. The average Bonchev–Trinajstić information content (AvgIpc) is 3.39. The first-order valence-corrected chi connectivity index (χ1v) is 9.11. The van der Waals surface area contributed by atoms with Crippen LogP contribution in [0, 0.1) is 0 Å². The minimum Gasteiger partial charge on any atom is -0.460 e. The van der Waals surface area contributed by atoms with Gasteiger partial charge in [-0.25, -0.2) is 9.59 Å². The molecule has 1 atom stereocenters. The van der Waals surface area contributed by atoms with Crippen LogP contribution in [0.5, 0.6) is 0 Å². The van der Waals surface area contributed by atoms with E-state index in [9.17, 15) is 9.59 Å². The Bertz CT molecular complexity index is 741. The Labute approximate surface area is 162 Å². The molecule has 1 heterocycles. The number of methoxy groups -OCH3 is 1. The number of urea groups is 1. The zero-order valence-electron chi connectivity index (χ0n) is 14.6. The molecule has 1 fully saturated rings. The molecular formula is C18H20Cl2N2O4. The molecule has 0 unspecified atom stereocenters. The molecule has 0 aromatic heterocycles. The summed E-state index contributed by atoms with van der Waals surface area (Å²) in [4.78, 5) is 27.0. The standard InChI is InChI=1S/C18H20Cl2N2O4/c1-10-14(17(23)26-9-8-25-2)16(15-12(19)4-3-5-13(15)20)21-18(24)22(10)11-6-7-11/h3-5,11,16H,6-9H2,1-2H3,(H,21,24)/t16-/m0/s1. The molecule has 0 saturated heterocycles. The third-order valence-electron chi connectivity index (χ3n) is 4.47. The van der Waals surface area contributed by atoms with Gasteiger partial charge in [-0.1, -0.05) is 29.3 Å². The predicted octanol–water partition coefficient (Wildman–Crippen LogP) is 3.69. The summed E-state index contributed by atoms with van der Waals surface area (Å²) in [6, 6.07) is 4.13. The Morgan fingerprint density at radius 3 is 2.50 bits per heavy atom. The number of halogens is 2. The fourth-order valence-electron chi connectivity index (χ4n) is 3.09. The summed E-state index contributed by atoms with van der Waals surface area (Å²) in [6.45, 7) is 2.16. The van der Waals surface area contributed by atoms with Crippen LogP contribution in [-0.2, 0) is 14.3 Å². The maximum absolute atomic E-state index is 12.8. The summed E-state index contributed by atoms with van der Waals surface area (Å²) < 4.78 is 10.2. The van der Waals surface area contributed by atoms with E-state index in [1.807, 2.05) is 0 Å². The molecule has 0 spiro atoms. The predicted molar refractivity (Wildman–Crippen MR) is 98.1 cm³/mol. The van der Waals surface area contributed by atoms with Crippen LogP contribution >= 0.6 is 23.2 Å². The number of esters is 1. The number of rotatable bonds is 6. The van der Waals surface area contributed by atoms with Crippen molar-refractivity contribution in [2.24, 2.45) is 0 Å².